The number of piperazine rings is 1. The highest BCUT2D eigenvalue weighted by atomic mass is 35.5. The van der Waals surface area contributed by atoms with Gasteiger partial charge in [0.2, 0.25) is 0 Å². The van der Waals surface area contributed by atoms with E-state index >= 15 is 0 Å². The Morgan fingerprint density at radius 1 is 1.41 bits per heavy atom. The molecule has 1 atom stereocenters. The summed E-state index contributed by atoms with van der Waals surface area (Å²) in [4.78, 5) is 2.67. The Morgan fingerprint density at radius 2 is 2.12 bits per heavy atom. The molecule has 1 aliphatic carbocycles. The summed E-state index contributed by atoms with van der Waals surface area (Å²) in [5.41, 5.74) is 2.08. The summed E-state index contributed by atoms with van der Waals surface area (Å²) in [6, 6.07) is 0.630. The number of nitrogens with zero attached hydrogens (tertiary/aromatic N) is 1. The molecule has 2 aliphatic rings. The molecule has 0 bridgehead atoms. The maximum atomic E-state index is 5.69. The molecule has 1 saturated carbocycles. The zero-order chi connectivity index (χ0) is 12.3. The highest BCUT2D eigenvalue weighted by molar-refractivity contribution is 6.25. The third kappa shape index (κ3) is 2.86. The Morgan fingerprint density at radius 3 is 2.71 bits per heavy atom. The Balaban J connectivity index is 2.06. The Bertz CT molecular complexity index is 269. The maximum absolute atomic E-state index is 5.69. The molecule has 3 heteroatoms. The van der Waals surface area contributed by atoms with Crippen LogP contribution in [-0.2, 0) is 0 Å². The van der Waals surface area contributed by atoms with Gasteiger partial charge >= 0.3 is 0 Å². The molecule has 0 aromatic heterocycles. The smallest absolute Gasteiger partial charge is 0.0338 e. The second-order valence-electron chi connectivity index (χ2n) is 5.93. The van der Waals surface area contributed by atoms with Crippen LogP contribution in [0.1, 0.15) is 39.5 Å². The van der Waals surface area contributed by atoms with E-state index in [1.165, 1.54) is 32.2 Å². The van der Waals surface area contributed by atoms with E-state index in [-0.39, 0.29) is 0 Å². The van der Waals surface area contributed by atoms with Crippen LogP contribution in [0.3, 0.4) is 0 Å². The highest BCUT2D eigenvalue weighted by Crippen LogP contribution is 2.37. The zero-order valence-electron chi connectivity index (χ0n) is 11.1. The van der Waals surface area contributed by atoms with Crippen LogP contribution in [0, 0.1) is 5.92 Å². The fraction of sp³-hybridized carbons (Fsp3) is 0.857. The Hall–Kier alpha value is -0.0500. The number of hydrogen-bond acceptors (Lipinski definition) is 2. The molecule has 0 amide bonds. The average molecular weight is 257 g/mol. The van der Waals surface area contributed by atoms with Crippen molar-refractivity contribution < 1.29 is 0 Å². The van der Waals surface area contributed by atoms with Gasteiger partial charge in [0, 0.05) is 36.8 Å². The molecule has 1 saturated heterocycles. The van der Waals surface area contributed by atoms with Gasteiger partial charge in [-0.05, 0) is 18.8 Å². The molecular weight excluding hydrogens is 232 g/mol. The largest absolute Gasteiger partial charge is 0.311 e. The van der Waals surface area contributed by atoms with Gasteiger partial charge in [-0.1, -0.05) is 44.4 Å². The summed E-state index contributed by atoms with van der Waals surface area (Å²) < 4.78 is 0. The van der Waals surface area contributed by atoms with Gasteiger partial charge in [-0.15, -0.1) is 0 Å². The van der Waals surface area contributed by atoms with Gasteiger partial charge in [0.05, 0.1) is 0 Å². The number of nitrogens with one attached hydrogen (secondary N) is 1. The maximum Gasteiger partial charge on any atom is 0.0338 e. The molecule has 1 heterocycles. The van der Waals surface area contributed by atoms with Crippen molar-refractivity contribution in [1.82, 2.24) is 10.2 Å². The van der Waals surface area contributed by atoms with E-state index in [1.54, 1.807) is 5.54 Å². The lowest BCUT2D eigenvalue weighted by Crippen LogP contribution is -2.64. The summed E-state index contributed by atoms with van der Waals surface area (Å²) in [6.45, 7) is 7.94. The van der Waals surface area contributed by atoms with Gasteiger partial charge in [-0.3, -0.25) is 4.90 Å². The zero-order valence-corrected chi connectivity index (χ0v) is 11.8. The number of halogens is 1. The molecule has 1 N–H and O–H groups in total. The van der Waals surface area contributed by atoms with E-state index in [0.29, 0.717) is 17.5 Å². The molecule has 17 heavy (non-hydrogen) atoms. The molecule has 2 fully saturated rings. The van der Waals surface area contributed by atoms with E-state index < -0.39 is 0 Å². The van der Waals surface area contributed by atoms with Crippen molar-refractivity contribution in [2.75, 3.05) is 19.6 Å². The fourth-order valence-electron chi connectivity index (χ4n) is 3.34. The predicted molar refractivity (Wildman–Crippen MR) is 74.4 cm³/mol. The molecule has 0 aromatic carbocycles. The SMILES string of the molecule is CC(C)C1CN(C/C=C/Cl)C2(CCCC2)CN1. The first kappa shape index (κ1) is 13.4. The van der Waals surface area contributed by atoms with Crippen LogP contribution in [0.2, 0.25) is 0 Å². The minimum absolute atomic E-state index is 0.418. The summed E-state index contributed by atoms with van der Waals surface area (Å²) in [6.07, 6.45) is 7.55. The van der Waals surface area contributed by atoms with Crippen molar-refractivity contribution in [3.8, 4) is 0 Å². The molecule has 2 nitrogen and oxygen atoms in total. The lowest BCUT2D eigenvalue weighted by molar-refractivity contribution is 0.0436. The van der Waals surface area contributed by atoms with Gasteiger partial charge in [0.1, 0.15) is 0 Å². The molecule has 98 valence electrons. The second kappa shape index (κ2) is 5.73. The fourth-order valence-corrected chi connectivity index (χ4v) is 3.42. The van der Waals surface area contributed by atoms with Crippen molar-refractivity contribution in [3.05, 3.63) is 11.6 Å². The molecule has 1 unspecified atom stereocenters. The van der Waals surface area contributed by atoms with Gasteiger partial charge in [-0.2, -0.15) is 0 Å². The first-order chi connectivity index (χ1) is 8.18. The lowest BCUT2D eigenvalue weighted by atomic mass is 9.88. The third-order valence-corrected chi connectivity index (χ3v) is 4.71. The summed E-state index contributed by atoms with van der Waals surface area (Å²) >= 11 is 5.69. The van der Waals surface area contributed by atoms with E-state index in [9.17, 15) is 0 Å². The normalized spacial score (nSPS) is 29.8. The monoisotopic (exact) mass is 256 g/mol. The van der Waals surface area contributed by atoms with E-state index in [1.807, 2.05) is 0 Å². The Kier molecular flexibility index (Phi) is 4.51. The van der Waals surface area contributed by atoms with Crippen molar-refractivity contribution >= 4 is 11.6 Å². The third-order valence-electron chi connectivity index (χ3n) is 4.54. The van der Waals surface area contributed by atoms with Crippen LogP contribution >= 0.6 is 11.6 Å². The van der Waals surface area contributed by atoms with Crippen LogP contribution in [0.15, 0.2) is 11.6 Å². The molecular formula is C14H25ClN2. The van der Waals surface area contributed by atoms with Gasteiger partial charge in [0.15, 0.2) is 0 Å². The summed E-state index contributed by atoms with van der Waals surface area (Å²) in [7, 11) is 0. The van der Waals surface area contributed by atoms with Crippen LogP contribution in [0.25, 0.3) is 0 Å². The molecule has 0 aromatic rings. The summed E-state index contributed by atoms with van der Waals surface area (Å²) in [5.74, 6) is 0.705. The first-order valence-corrected chi connectivity index (χ1v) is 7.35. The molecule has 0 radical (unpaired) electrons. The highest BCUT2D eigenvalue weighted by Gasteiger charge is 2.43. The molecule has 1 spiro atoms. The Labute approximate surface area is 110 Å². The van der Waals surface area contributed by atoms with Crippen LogP contribution in [0.5, 0.6) is 0 Å². The quantitative estimate of drug-likeness (QED) is 0.835. The second-order valence-corrected chi connectivity index (χ2v) is 6.18. The minimum atomic E-state index is 0.418. The minimum Gasteiger partial charge on any atom is -0.311 e. The van der Waals surface area contributed by atoms with Gasteiger partial charge < -0.3 is 5.32 Å². The van der Waals surface area contributed by atoms with Gasteiger partial charge in [0.25, 0.3) is 0 Å². The van der Waals surface area contributed by atoms with E-state index in [0.717, 1.165) is 13.1 Å². The van der Waals surface area contributed by atoms with E-state index in [4.69, 9.17) is 11.6 Å². The standard InChI is InChI=1S/C14H25ClN2/c1-12(2)13-10-17(9-5-8-15)14(11-16-13)6-3-4-7-14/h5,8,12-13,16H,3-4,6-7,9-11H2,1-2H3/b8-5+. The van der Waals surface area contributed by atoms with Crippen molar-refractivity contribution in [3.63, 3.8) is 0 Å². The van der Waals surface area contributed by atoms with Crippen LogP contribution in [-0.4, -0.2) is 36.1 Å². The average Bonchev–Trinajstić information content (AvgIpc) is 2.77. The van der Waals surface area contributed by atoms with Crippen LogP contribution < -0.4 is 5.32 Å². The first-order valence-electron chi connectivity index (χ1n) is 6.92. The van der Waals surface area contributed by atoms with Crippen molar-refractivity contribution in [2.24, 2.45) is 5.92 Å². The van der Waals surface area contributed by atoms with Crippen molar-refractivity contribution in [1.29, 1.82) is 0 Å². The number of rotatable bonds is 3. The topological polar surface area (TPSA) is 15.3 Å². The van der Waals surface area contributed by atoms with E-state index in [2.05, 4.69) is 30.1 Å². The lowest BCUT2D eigenvalue weighted by Gasteiger charge is -2.49. The molecule has 1 aliphatic heterocycles. The van der Waals surface area contributed by atoms with Crippen molar-refractivity contribution in [2.45, 2.75) is 51.1 Å². The number of hydrogen-bond donors (Lipinski definition) is 1. The molecule has 2 rings (SSSR count). The van der Waals surface area contributed by atoms with Gasteiger partial charge in [-0.25, -0.2) is 0 Å². The summed E-state index contributed by atoms with van der Waals surface area (Å²) in [5, 5.41) is 3.76. The van der Waals surface area contributed by atoms with Crippen LogP contribution in [0.4, 0.5) is 0 Å². The predicted octanol–water partition coefficient (Wildman–Crippen LogP) is 2.98.